The lowest BCUT2D eigenvalue weighted by Crippen LogP contribution is -1.94. The van der Waals surface area contributed by atoms with Crippen molar-refractivity contribution >= 4 is 17.2 Å². The van der Waals surface area contributed by atoms with Gasteiger partial charge in [-0.15, -0.1) is 0 Å². The topological polar surface area (TPSA) is 37.0 Å². The number of nitrogens with one attached hydrogen (secondary N) is 2. The summed E-state index contributed by atoms with van der Waals surface area (Å²) in [5.41, 5.74) is 2.05. The predicted octanol–water partition coefficient (Wildman–Crippen LogP) is 2.87. The molecule has 3 nitrogen and oxygen atoms in total. The van der Waals surface area contributed by atoms with Crippen molar-refractivity contribution in [2.45, 2.75) is 0 Å². The maximum atomic E-state index is 4.27. The Morgan fingerprint density at radius 1 is 0.933 bits per heavy atom. The van der Waals surface area contributed by atoms with Crippen LogP contribution in [0.4, 0.5) is 17.2 Å². The first-order valence-electron chi connectivity index (χ1n) is 4.84. The van der Waals surface area contributed by atoms with Gasteiger partial charge in [0.1, 0.15) is 5.82 Å². The number of nitrogens with zero attached hydrogens (tertiary/aromatic N) is 1. The largest absolute Gasteiger partial charge is 0.387 e. The van der Waals surface area contributed by atoms with Crippen molar-refractivity contribution < 1.29 is 0 Å². The molecule has 0 saturated carbocycles. The third-order valence-electron chi connectivity index (χ3n) is 2.10. The molecule has 2 N–H and O–H groups in total. The van der Waals surface area contributed by atoms with E-state index in [2.05, 4.69) is 15.6 Å². The van der Waals surface area contributed by atoms with E-state index in [-0.39, 0.29) is 0 Å². The first kappa shape index (κ1) is 9.52. The highest BCUT2D eigenvalue weighted by molar-refractivity contribution is 5.57. The van der Waals surface area contributed by atoms with E-state index in [1.54, 1.807) is 6.20 Å². The van der Waals surface area contributed by atoms with E-state index >= 15 is 0 Å². The number of para-hydroxylation sites is 1. The summed E-state index contributed by atoms with van der Waals surface area (Å²) in [5, 5.41) is 6.24. The number of hydrogen-bond acceptors (Lipinski definition) is 3. The number of aromatic nitrogens is 1. The molecule has 0 radical (unpaired) electrons. The van der Waals surface area contributed by atoms with E-state index in [9.17, 15) is 0 Å². The van der Waals surface area contributed by atoms with Gasteiger partial charge in [0.25, 0.3) is 0 Å². The Bertz CT molecular complexity index is 409. The minimum absolute atomic E-state index is 0.847. The van der Waals surface area contributed by atoms with Gasteiger partial charge in [0.05, 0.1) is 11.9 Å². The van der Waals surface area contributed by atoms with Crippen molar-refractivity contribution in [3.05, 3.63) is 48.7 Å². The molecule has 0 bridgehead atoms. The van der Waals surface area contributed by atoms with Crippen molar-refractivity contribution in [1.82, 2.24) is 4.98 Å². The second kappa shape index (κ2) is 4.46. The molecule has 3 heteroatoms. The molecule has 2 rings (SSSR count). The van der Waals surface area contributed by atoms with Gasteiger partial charge in [0.15, 0.2) is 0 Å². The minimum atomic E-state index is 0.847. The second-order valence-electron chi connectivity index (χ2n) is 3.17. The summed E-state index contributed by atoms with van der Waals surface area (Å²) in [6, 6.07) is 13.9. The van der Waals surface area contributed by atoms with Crippen LogP contribution in [0.5, 0.6) is 0 Å². The van der Waals surface area contributed by atoms with Gasteiger partial charge in [-0.25, -0.2) is 4.98 Å². The summed E-state index contributed by atoms with van der Waals surface area (Å²) in [6.07, 6.45) is 1.80. The predicted molar refractivity (Wildman–Crippen MR) is 63.5 cm³/mol. The van der Waals surface area contributed by atoms with Crippen LogP contribution in [0, 0.1) is 0 Å². The molecule has 1 heterocycles. The molecule has 0 unspecified atom stereocenters. The zero-order valence-electron chi connectivity index (χ0n) is 8.57. The lowest BCUT2D eigenvalue weighted by molar-refractivity contribution is 1.29. The lowest BCUT2D eigenvalue weighted by Gasteiger charge is -2.05. The van der Waals surface area contributed by atoms with Crippen LogP contribution in [-0.4, -0.2) is 12.0 Å². The molecule has 0 fully saturated rings. The van der Waals surface area contributed by atoms with E-state index in [0.29, 0.717) is 0 Å². The lowest BCUT2D eigenvalue weighted by atomic mass is 10.3. The molecule has 0 amide bonds. The van der Waals surface area contributed by atoms with Crippen LogP contribution in [0.3, 0.4) is 0 Å². The Hall–Kier alpha value is -2.03. The molecule has 0 spiro atoms. The molecule has 76 valence electrons. The number of benzene rings is 1. The number of pyridine rings is 1. The zero-order valence-corrected chi connectivity index (χ0v) is 8.57. The number of anilines is 3. The van der Waals surface area contributed by atoms with Gasteiger partial charge < -0.3 is 10.6 Å². The smallest absolute Gasteiger partial charge is 0.130 e. The van der Waals surface area contributed by atoms with Gasteiger partial charge in [-0.2, -0.15) is 0 Å². The Labute approximate surface area is 89.2 Å². The van der Waals surface area contributed by atoms with Crippen LogP contribution in [0.15, 0.2) is 48.7 Å². The van der Waals surface area contributed by atoms with Crippen LogP contribution >= 0.6 is 0 Å². The third kappa shape index (κ3) is 2.47. The monoisotopic (exact) mass is 199 g/mol. The van der Waals surface area contributed by atoms with Crippen molar-refractivity contribution in [3.8, 4) is 0 Å². The third-order valence-corrected chi connectivity index (χ3v) is 2.10. The van der Waals surface area contributed by atoms with Crippen LogP contribution in [-0.2, 0) is 0 Å². The first-order chi connectivity index (χ1) is 7.38. The van der Waals surface area contributed by atoms with Crippen LogP contribution in [0.1, 0.15) is 0 Å². The van der Waals surface area contributed by atoms with Gasteiger partial charge in [-0.05, 0) is 24.3 Å². The average molecular weight is 199 g/mol. The second-order valence-corrected chi connectivity index (χ2v) is 3.17. The van der Waals surface area contributed by atoms with Crippen LogP contribution < -0.4 is 10.6 Å². The van der Waals surface area contributed by atoms with Crippen molar-refractivity contribution in [2.75, 3.05) is 17.7 Å². The van der Waals surface area contributed by atoms with Gasteiger partial charge in [-0.3, -0.25) is 0 Å². The molecule has 0 aliphatic heterocycles. The summed E-state index contributed by atoms with van der Waals surface area (Å²) >= 11 is 0. The van der Waals surface area contributed by atoms with Crippen LogP contribution in [0.25, 0.3) is 0 Å². The van der Waals surface area contributed by atoms with Crippen molar-refractivity contribution in [2.24, 2.45) is 0 Å². The molecule has 2 aromatic rings. The molecule has 1 aromatic heterocycles. The molecular formula is C12H13N3. The van der Waals surface area contributed by atoms with Crippen molar-refractivity contribution in [1.29, 1.82) is 0 Å². The number of hydrogen-bond donors (Lipinski definition) is 2. The summed E-state index contributed by atoms with van der Waals surface area (Å²) in [5.74, 6) is 0.847. The summed E-state index contributed by atoms with van der Waals surface area (Å²) < 4.78 is 0. The fourth-order valence-corrected chi connectivity index (χ4v) is 1.29. The zero-order chi connectivity index (χ0) is 10.5. The molecule has 0 aliphatic rings. The molecule has 0 saturated heterocycles. The molecule has 1 aromatic carbocycles. The summed E-state index contributed by atoms with van der Waals surface area (Å²) in [4.78, 5) is 4.27. The van der Waals surface area contributed by atoms with E-state index in [1.807, 2.05) is 49.5 Å². The highest BCUT2D eigenvalue weighted by Gasteiger charge is 1.94. The Kier molecular flexibility index (Phi) is 2.83. The molecular weight excluding hydrogens is 186 g/mol. The van der Waals surface area contributed by atoms with E-state index < -0.39 is 0 Å². The highest BCUT2D eigenvalue weighted by atomic mass is 15.0. The molecule has 0 atom stereocenters. The van der Waals surface area contributed by atoms with Crippen LogP contribution in [0.2, 0.25) is 0 Å². The highest BCUT2D eigenvalue weighted by Crippen LogP contribution is 2.14. The van der Waals surface area contributed by atoms with Gasteiger partial charge in [0, 0.05) is 12.7 Å². The summed E-state index contributed by atoms with van der Waals surface area (Å²) in [7, 11) is 1.88. The maximum absolute atomic E-state index is 4.27. The number of rotatable bonds is 3. The SMILES string of the molecule is CNc1ccc(Nc2ccccc2)nc1. The Morgan fingerprint density at radius 3 is 2.33 bits per heavy atom. The van der Waals surface area contributed by atoms with Gasteiger partial charge >= 0.3 is 0 Å². The minimum Gasteiger partial charge on any atom is -0.387 e. The van der Waals surface area contributed by atoms with Gasteiger partial charge in [-0.1, -0.05) is 18.2 Å². The standard InChI is InChI=1S/C12H13N3/c1-13-11-7-8-12(14-9-11)15-10-5-3-2-4-6-10/h2-9,13H,1H3,(H,14,15). The fraction of sp³-hybridized carbons (Fsp3) is 0.0833. The average Bonchev–Trinajstić information content (AvgIpc) is 2.31. The van der Waals surface area contributed by atoms with E-state index in [0.717, 1.165) is 17.2 Å². The molecule has 0 aliphatic carbocycles. The normalized spacial score (nSPS) is 9.67. The van der Waals surface area contributed by atoms with E-state index in [4.69, 9.17) is 0 Å². The van der Waals surface area contributed by atoms with Gasteiger partial charge in [0.2, 0.25) is 0 Å². The first-order valence-corrected chi connectivity index (χ1v) is 4.84. The Balaban J connectivity index is 2.11. The Morgan fingerprint density at radius 2 is 1.73 bits per heavy atom. The quantitative estimate of drug-likeness (QED) is 0.798. The van der Waals surface area contributed by atoms with E-state index in [1.165, 1.54) is 0 Å². The maximum Gasteiger partial charge on any atom is 0.130 e. The van der Waals surface area contributed by atoms with Crippen molar-refractivity contribution in [3.63, 3.8) is 0 Å². The molecule has 15 heavy (non-hydrogen) atoms. The summed E-state index contributed by atoms with van der Waals surface area (Å²) in [6.45, 7) is 0. The fourth-order valence-electron chi connectivity index (χ4n) is 1.29.